The first-order valence-electron chi connectivity index (χ1n) is 7.92. The maximum Gasteiger partial charge on any atom is 0.319 e. The molecule has 2 aromatic rings. The fraction of sp³-hybridized carbons (Fsp3) is 0.111. The summed E-state index contributed by atoms with van der Waals surface area (Å²) in [5.74, 6) is -0.641. The van der Waals surface area contributed by atoms with Crippen LogP contribution in [0.2, 0.25) is 5.02 Å². The predicted molar refractivity (Wildman–Crippen MR) is 105 cm³/mol. The molecular formula is C18H18ClN5O3. The van der Waals surface area contributed by atoms with E-state index in [9.17, 15) is 14.4 Å². The maximum atomic E-state index is 11.7. The first-order valence-corrected chi connectivity index (χ1v) is 8.30. The third-order valence-corrected chi connectivity index (χ3v) is 3.36. The highest BCUT2D eigenvalue weighted by Crippen LogP contribution is 2.14. The zero-order valence-corrected chi connectivity index (χ0v) is 15.2. The normalized spacial score (nSPS) is 10.3. The summed E-state index contributed by atoms with van der Waals surface area (Å²) in [6.07, 6.45) is 1.45. The van der Waals surface area contributed by atoms with Crippen molar-refractivity contribution in [3.05, 3.63) is 59.1 Å². The van der Waals surface area contributed by atoms with E-state index in [0.29, 0.717) is 16.4 Å². The number of urea groups is 1. The highest BCUT2D eigenvalue weighted by Gasteiger charge is 2.05. The smallest absolute Gasteiger partial charge is 0.319 e. The van der Waals surface area contributed by atoms with Gasteiger partial charge in [-0.2, -0.15) is 5.10 Å². The first kappa shape index (κ1) is 19.9. The molecule has 0 fully saturated rings. The van der Waals surface area contributed by atoms with Gasteiger partial charge in [0.15, 0.2) is 0 Å². The van der Waals surface area contributed by atoms with E-state index < -0.39 is 11.9 Å². The van der Waals surface area contributed by atoms with E-state index in [2.05, 4.69) is 26.5 Å². The standard InChI is InChI=1S/C18H18ClN5O3/c1-12(25)22-15-7-5-13(6-8-15)10-21-24-17(26)11-20-18(27)23-16-4-2-3-14(19)9-16/h2-10H,11H2,1H3,(H,22,25)(H,24,26)(H2,20,23,27)/b21-10+. The monoisotopic (exact) mass is 387 g/mol. The molecule has 0 aliphatic heterocycles. The molecule has 140 valence electrons. The number of rotatable bonds is 6. The van der Waals surface area contributed by atoms with E-state index in [1.807, 2.05) is 0 Å². The average Bonchev–Trinajstić information content (AvgIpc) is 2.61. The molecule has 2 aromatic carbocycles. The van der Waals surface area contributed by atoms with Crippen LogP contribution in [0.3, 0.4) is 0 Å². The van der Waals surface area contributed by atoms with E-state index in [0.717, 1.165) is 5.56 Å². The Labute approximate surface area is 161 Å². The number of halogens is 1. The molecular weight excluding hydrogens is 370 g/mol. The van der Waals surface area contributed by atoms with E-state index in [4.69, 9.17) is 11.6 Å². The second-order valence-corrected chi connectivity index (χ2v) is 5.85. The van der Waals surface area contributed by atoms with Crippen molar-refractivity contribution in [2.45, 2.75) is 6.92 Å². The van der Waals surface area contributed by atoms with Crippen LogP contribution in [0.4, 0.5) is 16.2 Å². The molecule has 0 aliphatic rings. The van der Waals surface area contributed by atoms with Crippen molar-refractivity contribution in [2.75, 3.05) is 17.2 Å². The Morgan fingerprint density at radius 1 is 1.04 bits per heavy atom. The molecule has 0 saturated carbocycles. The zero-order valence-electron chi connectivity index (χ0n) is 14.5. The van der Waals surface area contributed by atoms with Gasteiger partial charge in [0.05, 0.1) is 6.21 Å². The molecule has 4 N–H and O–H groups in total. The van der Waals surface area contributed by atoms with Crippen LogP contribution < -0.4 is 21.4 Å². The van der Waals surface area contributed by atoms with Crippen molar-refractivity contribution in [2.24, 2.45) is 5.10 Å². The summed E-state index contributed by atoms with van der Waals surface area (Å²) in [5, 5.41) is 11.9. The number of hydrazone groups is 1. The summed E-state index contributed by atoms with van der Waals surface area (Å²) >= 11 is 5.82. The molecule has 0 saturated heterocycles. The molecule has 0 heterocycles. The molecule has 0 aliphatic carbocycles. The number of nitrogens with zero attached hydrogens (tertiary/aromatic N) is 1. The van der Waals surface area contributed by atoms with Crippen LogP contribution >= 0.6 is 11.6 Å². The second kappa shape index (κ2) is 9.93. The number of nitrogens with one attached hydrogen (secondary N) is 4. The number of carbonyl (C=O) groups excluding carboxylic acids is 3. The largest absolute Gasteiger partial charge is 0.329 e. The van der Waals surface area contributed by atoms with Gasteiger partial charge in [0.1, 0.15) is 6.54 Å². The van der Waals surface area contributed by atoms with Crippen molar-refractivity contribution in [3.8, 4) is 0 Å². The predicted octanol–water partition coefficient (Wildman–Crippen LogP) is 2.57. The third kappa shape index (κ3) is 7.57. The third-order valence-electron chi connectivity index (χ3n) is 3.13. The SMILES string of the molecule is CC(=O)Nc1ccc(/C=N/NC(=O)CNC(=O)Nc2cccc(Cl)c2)cc1. The van der Waals surface area contributed by atoms with Gasteiger partial charge in [-0.1, -0.05) is 29.8 Å². The molecule has 0 unspecified atom stereocenters. The summed E-state index contributed by atoms with van der Waals surface area (Å²) in [4.78, 5) is 34.3. The molecule has 8 nitrogen and oxygen atoms in total. The Morgan fingerprint density at radius 3 is 2.44 bits per heavy atom. The molecule has 0 atom stereocenters. The van der Waals surface area contributed by atoms with Crippen LogP contribution in [0, 0.1) is 0 Å². The minimum absolute atomic E-state index is 0.157. The molecule has 0 spiro atoms. The van der Waals surface area contributed by atoms with Crippen LogP contribution in [0.25, 0.3) is 0 Å². The van der Waals surface area contributed by atoms with Crippen LogP contribution in [0.1, 0.15) is 12.5 Å². The second-order valence-electron chi connectivity index (χ2n) is 5.41. The molecule has 4 amide bonds. The van der Waals surface area contributed by atoms with Crippen molar-refractivity contribution in [1.29, 1.82) is 0 Å². The molecule has 27 heavy (non-hydrogen) atoms. The minimum atomic E-state index is -0.537. The van der Waals surface area contributed by atoms with Crippen LogP contribution in [-0.4, -0.2) is 30.6 Å². The number of carbonyl (C=O) groups is 3. The average molecular weight is 388 g/mol. The van der Waals surface area contributed by atoms with Gasteiger partial charge < -0.3 is 16.0 Å². The Bertz CT molecular complexity index is 852. The highest BCUT2D eigenvalue weighted by molar-refractivity contribution is 6.30. The Morgan fingerprint density at radius 2 is 1.78 bits per heavy atom. The van der Waals surface area contributed by atoms with Gasteiger partial charge in [-0.3, -0.25) is 9.59 Å². The summed E-state index contributed by atoms with van der Waals surface area (Å²) in [7, 11) is 0. The van der Waals surface area contributed by atoms with Crippen molar-refractivity contribution in [1.82, 2.24) is 10.7 Å². The van der Waals surface area contributed by atoms with Gasteiger partial charge in [-0.05, 0) is 35.9 Å². The van der Waals surface area contributed by atoms with Gasteiger partial charge in [0.25, 0.3) is 5.91 Å². The van der Waals surface area contributed by atoms with Gasteiger partial charge in [-0.25, -0.2) is 10.2 Å². The summed E-state index contributed by atoms with van der Waals surface area (Å²) in [6, 6.07) is 13.0. The van der Waals surface area contributed by atoms with Crippen molar-refractivity contribution < 1.29 is 14.4 Å². The molecule has 2 rings (SSSR count). The van der Waals surface area contributed by atoms with Crippen molar-refractivity contribution in [3.63, 3.8) is 0 Å². The number of benzene rings is 2. The number of hydrogen-bond acceptors (Lipinski definition) is 4. The molecule has 9 heteroatoms. The van der Waals surface area contributed by atoms with Gasteiger partial charge in [0, 0.05) is 23.3 Å². The lowest BCUT2D eigenvalue weighted by Gasteiger charge is -2.07. The quantitative estimate of drug-likeness (QED) is 0.451. The number of amides is 4. The topological polar surface area (TPSA) is 112 Å². The first-order chi connectivity index (χ1) is 12.9. The summed E-state index contributed by atoms with van der Waals surface area (Å²) < 4.78 is 0. The van der Waals surface area contributed by atoms with Crippen LogP contribution in [0.5, 0.6) is 0 Å². The Kier molecular flexibility index (Phi) is 7.33. The lowest BCUT2D eigenvalue weighted by molar-refractivity contribution is -0.120. The summed E-state index contributed by atoms with van der Waals surface area (Å²) in [6.45, 7) is 1.18. The number of anilines is 2. The fourth-order valence-corrected chi connectivity index (χ4v) is 2.17. The van der Waals surface area contributed by atoms with E-state index >= 15 is 0 Å². The Hall–Kier alpha value is -3.39. The lowest BCUT2D eigenvalue weighted by atomic mass is 10.2. The van der Waals surface area contributed by atoms with E-state index in [-0.39, 0.29) is 12.5 Å². The van der Waals surface area contributed by atoms with E-state index in [1.165, 1.54) is 13.1 Å². The van der Waals surface area contributed by atoms with Crippen molar-refractivity contribution >= 4 is 47.0 Å². The van der Waals surface area contributed by atoms with Crippen LogP contribution in [-0.2, 0) is 9.59 Å². The van der Waals surface area contributed by atoms with Gasteiger partial charge in [-0.15, -0.1) is 0 Å². The highest BCUT2D eigenvalue weighted by atomic mass is 35.5. The maximum absolute atomic E-state index is 11.7. The number of hydrogen-bond donors (Lipinski definition) is 4. The van der Waals surface area contributed by atoms with Crippen LogP contribution in [0.15, 0.2) is 53.6 Å². The molecule has 0 aromatic heterocycles. The Balaban J connectivity index is 1.73. The fourth-order valence-electron chi connectivity index (χ4n) is 1.98. The molecule has 0 radical (unpaired) electrons. The minimum Gasteiger partial charge on any atom is -0.329 e. The van der Waals surface area contributed by atoms with Gasteiger partial charge >= 0.3 is 6.03 Å². The van der Waals surface area contributed by atoms with Gasteiger partial charge in [0.2, 0.25) is 5.91 Å². The van der Waals surface area contributed by atoms with E-state index in [1.54, 1.807) is 48.5 Å². The lowest BCUT2D eigenvalue weighted by Crippen LogP contribution is -2.37. The molecule has 0 bridgehead atoms. The zero-order chi connectivity index (χ0) is 19.6. The summed E-state index contributed by atoms with van der Waals surface area (Å²) in [5.41, 5.74) is 4.22.